The Morgan fingerprint density at radius 2 is 2.06 bits per heavy atom. The molecule has 0 saturated heterocycles. The van der Waals surface area contributed by atoms with Crippen LogP contribution in [0.1, 0.15) is 11.3 Å². The van der Waals surface area contributed by atoms with E-state index in [1.165, 1.54) is 0 Å². The molecule has 2 aromatic rings. The lowest BCUT2D eigenvalue weighted by atomic mass is 10.2. The fourth-order valence-electron chi connectivity index (χ4n) is 1.56. The normalized spacial score (nSPS) is 10.6. The third-order valence-electron chi connectivity index (χ3n) is 2.54. The van der Waals surface area contributed by atoms with E-state index in [0.29, 0.717) is 12.3 Å². The lowest BCUT2D eigenvalue weighted by molar-refractivity contribution is 0.464. The van der Waals surface area contributed by atoms with Gasteiger partial charge in [0.15, 0.2) is 0 Å². The maximum atomic E-state index is 9.56. The third kappa shape index (κ3) is 2.41. The summed E-state index contributed by atoms with van der Waals surface area (Å²) in [5.74, 6) is 0.333. The van der Waals surface area contributed by atoms with E-state index in [1.54, 1.807) is 12.3 Å². The molecule has 0 radical (unpaired) electrons. The van der Waals surface area contributed by atoms with E-state index in [1.807, 2.05) is 36.0 Å². The van der Waals surface area contributed by atoms with Crippen LogP contribution in [0.5, 0.6) is 5.75 Å². The number of aromatic hydroxyl groups is 1. The summed E-state index contributed by atoms with van der Waals surface area (Å²) < 4.78 is 1.83. The maximum absolute atomic E-state index is 9.56. The standard InChI is InChI=1S/C12H15N3O/c1-15-11(6-7-14-15)9-13-8-10-4-2-3-5-12(10)16/h2-7,13,16H,8-9H2,1H3. The number of benzene rings is 1. The van der Waals surface area contributed by atoms with Gasteiger partial charge in [-0.2, -0.15) is 5.10 Å². The minimum Gasteiger partial charge on any atom is -0.508 e. The van der Waals surface area contributed by atoms with E-state index in [9.17, 15) is 5.11 Å². The van der Waals surface area contributed by atoms with Gasteiger partial charge in [0.1, 0.15) is 5.75 Å². The zero-order valence-electron chi connectivity index (χ0n) is 9.22. The van der Waals surface area contributed by atoms with E-state index in [2.05, 4.69) is 10.4 Å². The highest BCUT2D eigenvalue weighted by molar-refractivity contribution is 5.31. The fraction of sp³-hybridized carbons (Fsp3) is 0.250. The van der Waals surface area contributed by atoms with Crippen LogP contribution in [0.3, 0.4) is 0 Å². The fourth-order valence-corrected chi connectivity index (χ4v) is 1.56. The molecular weight excluding hydrogens is 202 g/mol. The Bertz CT molecular complexity index is 465. The predicted octanol–water partition coefficient (Wildman–Crippen LogP) is 1.42. The Morgan fingerprint density at radius 3 is 2.75 bits per heavy atom. The van der Waals surface area contributed by atoms with Crippen molar-refractivity contribution in [3.05, 3.63) is 47.8 Å². The largest absolute Gasteiger partial charge is 0.508 e. The summed E-state index contributed by atoms with van der Waals surface area (Å²) in [5, 5.41) is 16.9. The quantitative estimate of drug-likeness (QED) is 0.814. The molecule has 0 bridgehead atoms. The number of hydrogen-bond donors (Lipinski definition) is 2. The number of phenolic OH excluding ortho intramolecular Hbond substituents is 1. The van der Waals surface area contributed by atoms with Gasteiger partial charge in [-0.15, -0.1) is 0 Å². The van der Waals surface area contributed by atoms with Crippen molar-refractivity contribution in [3.63, 3.8) is 0 Å². The van der Waals surface area contributed by atoms with Gasteiger partial charge in [-0.25, -0.2) is 0 Å². The van der Waals surface area contributed by atoms with Crippen LogP contribution in [0.25, 0.3) is 0 Å². The maximum Gasteiger partial charge on any atom is 0.120 e. The molecule has 2 N–H and O–H groups in total. The Kier molecular flexibility index (Phi) is 3.22. The van der Waals surface area contributed by atoms with Gasteiger partial charge in [-0.3, -0.25) is 4.68 Å². The Balaban J connectivity index is 1.89. The van der Waals surface area contributed by atoms with Crippen LogP contribution in [0.2, 0.25) is 0 Å². The van der Waals surface area contributed by atoms with E-state index in [-0.39, 0.29) is 0 Å². The van der Waals surface area contributed by atoms with Crippen LogP contribution in [0, 0.1) is 0 Å². The topological polar surface area (TPSA) is 50.1 Å². The van der Waals surface area contributed by atoms with Gasteiger partial charge in [0.05, 0.1) is 5.69 Å². The minimum absolute atomic E-state index is 0.333. The highest BCUT2D eigenvalue weighted by Crippen LogP contribution is 2.14. The van der Waals surface area contributed by atoms with Crippen molar-refractivity contribution in [2.24, 2.45) is 7.05 Å². The monoisotopic (exact) mass is 217 g/mol. The summed E-state index contributed by atoms with van der Waals surface area (Å²) in [4.78, 5) is 0. The average Bonchev–Trinajstić information content (AvgIpc) is 2.67. The van der Waals surface area contributed by atoms with E-state index < -0.39 is 0 Å². The summed E-state index contributed by atoms with van der Waals surface area (Å²) >= 11 is 0. The first-order chi connectivity index (χ1) is 7.77. The number of para-hydroxylation sites is 1. The molecule has 0 amide bonds. The number of aromatic nitrogens is 2. The molecule has 0 aliphatic rings. The van der Waals surface area contributed by atoms with E-state index >= 15 is 0 Å². The van der Waals surface area contributed by atoms with Gasteiger partial charge in [0, 0.05) is 31.9 Å². The molecule has 1 heterocycles. The molecule has 0 fully saturated rings. The summed E-state index contributed by atoms with van der Waals surface area (Å²) in [6.45, 7) is 1.39. The zero-order chi connectivity index (χ0) is 11.4. The van der Waals surface area contributed by atoms with Crippen LogP contribution in [0.15, 0.2) is 36.5 Å². The Labute approximate surface area is 94.5 Å². The molecule has 1 aromatic heterocycles. The predicted molar refractivity (Wildman–Crippen MR) is 61.9 cm³/mol. The number of nitrogens with one attached hydrogen (secondary N) is 1. The van der Waals surface area contributed by atoms with Crippen molar-refractivity contribution in [2.75, 3.05) is 0 Å². The SMILES string of the molecule is Cn1nccc1CNCc1ccccc1O. The van der Waals surface area contributed by atoms with Crippen LogP contribution in [-0.2, 0) is 20.1 Å². The Morgan fingerprint density at radius 1 is 1.25 bits per heavy atom. The first kappa shape index (κ1) is 10.7. The first-order valence-corrected chi connectivity index (χ1v) is 5.22. The number of nitrogens with zero attached hydrogens (tertiary/aromatic N) is 2. The molecule has 4 nitrogen and oxygen atoms in total. The van der Waals surface area contributed by atoms with Gasteiger partial charge in [-0.1, -0.05) is 18.2 Å². The molecule has 16 heavy (non-hydrogen) atoms. The van der Waals surface area contributed by atoms with Crippen molar-refractivity contribution in [3.8, 4) is 5.75 Å². The second kappa shape index (κ2) is 4.81. The smallest absolute Gasteiger partial charge is 0.120 e. The van der Waals surface area contributed by atoms with Gasteiger partial charge >= 0.3 is 0 Å². The van der Waals surface area contributed by atoms with Crippen LogP contribution in [-0.4, -0.2) is 14.9 Å². The summed E-state index contributed by atoms with van der Waals surface area (Å²) in [5.41, 5.74) is 2.03. The molecule has 0 spiro atoms. The number of phenols is 1. The Hall–Kier alpha value is -1.81. The molecule has 0 saturated carbocycles. The molecule has 4 heteroatoms. The van der Waals surface area contributed by atoms with Crippen molar-refractivity contribution in [1.82, 2.24) is 15.1 Å². The summed E-state index contributed by atoms with van der Waals surface area (Å²) in [7, 11) is 1.91. The van der Waals surface area contributed by atoms with E-state index in [0.717, 1.165) is 17.8 Å². The van der Waals surface area contributed by atoms with Gasteiger partial charge < -0.3 is 10.4 Å². The van der Waals surface area contributed by atoms with Crippen molar-refractivity contribution in [2.45, 2.75) is 13.1 Å². The minimum atomic E-state index is 0.333. The average molecular weight is 217 g/mol. The van der Waals surface area contributed by atoms with Crippen LogP contribution >= 0.6 is 0 Å². The molecule has 0 atom stereocenters. The number of hydrogen-bond acceptors (Lipinski definition) is 3. The molecule has 2 rings (SSSR count). The molecule has 0 aliphatic carbocycles. The zero-order valence-corrected chi connectivity index (χ0v) is 9.22. The second-order valence-electron chi connectivity index (χ2n) is 3.68. The molecule has 0 unspecified atom stereocenters. The highest BCUT2D eigenvalue weighted by Gasteiger charge is 2.00. The highest BCUT2D eigenvalue weighted by atomic mass is 16.3. The lowest BCUT2D eigenvalue weighted by Crippen LogP contribution is -2.15. The number of rotatable bonds is 4. The second-order valence-corrected chi connectivity index (χ2v) is 3.68. The molecule has 0 aliphatic heterocycles. The van der Waals surface area contributed by atoms with Crippen molar-refractivity contribution >= 4 is 0 Å². The lowest BCUT2D eigenvalue weighted by Gasteiger charge is -2.06. The van der Waals surface area contributed by atoms with Crippen LogP contribution < -0.4 is 5.32 Å². The molecule has 1 aromatic carbocycles. The van der Waals surface area contributed by atoms with Crippen molar-refractivity contribution < 1.29 is 5.11 Å². The van der Waals surface area contributed by atoms with Gasteiger partial charge in [0.25, 0.3) is 0 Å². The van der Waals surface area contributed by atoms with Crippen LogP contribution in [0.4, 0.5) is 0 Å². The van der Waals surface area contributed by atoms with E-state index in [4.69, 9.17) is 0 Å². The first-order valence-electron chi connectivity index (χ1n) is 5.22. The van der Waals surface area contributed by atoms with Gasteiger partial charge in [0.2, 0.25) is 0 Å². The number of aryl methyl sites for hydroxylation is 1. The molecular formula is C12H15N3O. The summed E-state index contributed by atoms with van der Waals surface area (Å²) in [6, 6.07) is 9.31. The van der Waals surface area contributed by atoms with Crippen molar-refractivity contribution in [1.29, 1.82) is 0 Å². The summed E-state index contributed by atoms with van der Waals surface area (Å²) in [6.07, 6.45) is 1.77. The third-order valence-corrected chi connectivity index (χ3v) is 2.54. The van der Waals surface area contributed by atoms with Gasteiger partial charge in [-0.05, 0) is 12.1 Å². The molecule has 84 valence electrons.